The van der Waals surface area contributed by atoms with Gasteiger partial charge in [-0.1, -0.05) is 0 Å². The number of rotatable bonds is 4. The molecule has 0 bridgehead atoms. The quantitative estimate of drug-likeness (QED) is 0.561. The van der Waals surface area contributed by atoms with Crippen molar-refractivity contribution >= 4 is 26.8 Å². The van der Waals surface area contributed by atoms with Crippen molar-refractivity contribution in [1.82, 2.24) is 24.6 Å². The molecule has 1 amide bonds. The first-order valence-electron chi connectivity index (χ1n) is 11.5. The summed E-state index contributed by atoms with van der Waals surface area (Å²) in [5, 5.41) is 5.39. The summed E-state index contributed by atoms with van der Waals surface area (Å²) in [4.78, 5) is 22.7. The maximum Gasteiger partial charge on any atom is 0.254 e. The maximum atomic E-state index is 13.7. The molecule has 2 aliphatic heterocycles. The monoisotopic (exact) mass is 483 g/mol. The summed E-state index contributed by atoms with van der Waals surface area (Å²) >= 11 is 0. The molecule has 0 aliphatic carbocycles. The van der Waals surface area contributed by atoms with Gasteiger partial charge in [-0.25, -0.2) is 18.1 Å². The lowest BCUT2D eigenvalue weighted by Crippen LogP contribution is -2.47. The van der Waals surface area contributed by atoms with Crippen molar-refractivity contribution in [2.24, 2.45) is 0 Å². The van der Waals surface area contributed by atoms with Gasteiger partial charge in [-0.05, 0) is 50.7 Å². The summed E-state index contributed by atoms with van der Waals surface area (Å²) in [5.41, 5.74) is 3.30. The number of carbonyl (C=O) groups excluding carboxylic acids is 1. The van der Waals surface area contributed by atoms with E-state index in [0.29, 0.717) is 47.5 Å². The van der Waals surface area contributed by atoms with E-state index in [4.69, 9.17) is 14.8 Å². The van der Waals surface area contributed by atoms with Gasteiger partial charge >= 0.3 is 0 Å². The van der Waals surface area contributed by atoms with Gasteiger partial charge in [-0.2, -0.15) is 5.10 Å². The van der Waals surface area contributed by atoms with E-state index < -0.39 is 9.84 Å². The van der Waals surface area contributed by atoms with Gasteiger partial charge in [0.15, 0.2) is 15.5 Å². The number of pyridine rings is 1. The van der Waals surface area contributed by atoms with Gasteiger partial charge in [0.25, 0.3) is 5.91 Å². The highest BCUT2D eigenvalue weighted by Gasteiger charge is 2.33. The highest BCUT2D eigenvalue weighted by molar-refractivity contribution is 7.91. The van der Waals surface area contributed by atoms with Gasteiger partial charge in [0, 0.05) is 31.7 Å². The fourth-order valence-corrected chi connectivity index (χ4v) is 6.49. The fraction of sp³-hybridized carbons (Fsp3) is 0.458. The third kappa shape index (κ3) is 4.16. The number of methoxy groups -OCH3 is 1. The number of hydrogen-bond acceptors (Lipinski definition) is 7. The fourth-order valence-electron chi connectivity index (χ4n) is 4.79. The predicted octanol–water partition coefficient (Wildman–Crippen LogP) is 2.16. The molecule has 4 heterocycles. The zero-order valence-electron chi connectivity index (χ0n) is 19.7. The van der Waals surface area contributed by atoms with Gasteiger partial charge in [0.05, 0.1) is 47.0 Å². The molecule has 34 heavy (non-hydrogen) atoms. The van der Waals surface area contributed by atoms with Crippen LogP contribution in [0, 0.1) is 6.92 Å². The summed E-state index contributed by atoms with van der Waals surface area (Å²) in [6.45, 7) is 4.82. The van der Waals surface area contributed by atoms with Crippen LogP contribution in [0.15, 0.2) is 30.3 Å². The molecule has 2 aliphatic rings. The summed E-state index contributed by atoms with van der Waals surface area (Å²) in [6.07, 6.45) is 0.495. The van der Waals surface area contributed by atoms with E-state index in [1.54, 1.807) is 11.8 Å². The van der Waals surface area contributed by atoms with E-state index in [1.165, 1.54) is 0 Å². The minimum absolute atomic E-state index is 0.0411. The summed E-state index contributed by atoms with van der Waals surface area (Å²) < 4.78 is 31.4. The Kier molecular flexibility index (Phi) is 5.81. The van der Waals surface area contributed by atoms with Crippen LogP contribution in [0.5, 0.6) is 5.75 Å². The zero-order chi connectivity index (χ0) is 24.0. The van der Waals surface area contributed by atoms with Gasteiger partial charge in [-0.3, -0.25) is 4.79 Å². The maximum absolute atomic E-state index is 13.7. The molecule has 10 heteroatoms. The predicted molar refractivity (Wildman–Crippen MR) is 130 cm³/mol. The molecule has 0 saturated carbocycles. The van der Waals surface area contributed by atoms with E-state index >= 15 is 0 Å². The number of piperazine rings is 1. The third-order valence-corrected chi connectivity index (χ3v) is 8.55. The summed E-state index contributed by atoms with van der Waals surface area (Å²) in [5.74, 6) is 0.871. The Morgan fingerprint density at radius 3 is 2.44 bits per heavy atom. The number of nitrogens with zero attached hydrogens (tertiary/aromatic N) is 5. The standard InChI is InChI=1S/C24H29N5O4S/c1-16-22-20(24(30)28-11-9-27(2)10-12-28)14-21(17-4-6-19(33-3)7-5-17)25-23(22)29(26-16)18-8-13-34(31,32)15-18/h4-7,14,18H,8-13,15H2,1-3H3/t18-/m0/s1. The number of amides is 1. The molecular weight excluding hydrogens is 454 g/mol. The highest BCUT2D eigenvalue weighted by Crippen LogP contribution is 2.33. The first-order chi connectivity index (χ1) is 16.3. The summed E-state index contributed by atoms with van der Waals surface area (Å²) in [7, 11) is 0.564. The topological polar surface area (TPSA) is 97.6 Å². The van der Waals surface area contributed by atoms with Crippen LogP contribution in [0.3, 0.4) is 0 Å². The Morgan fingerprint density at radius 2 is 1.82 bits per heavy atom. The highest BCUT2D eigenvalue weighted by atomic mass is 32.2. The van der Waals surface area contributed by atoms with Crippen LogP contribution in [0.4, 0.5) is 0 Å². The number of hydrogen-bond donors (Lipinski definition) is 0. The molecule has 180 valence electrons. The van der Waals surface area contributed by atoms with E-state index in [0.717, 1.165) is 24.4 Å². The lowest BCUT2D eigenvalue weighted by molar-refractivity contribution is 0.0666. The molecule has 5 rings (SSSR count). The van der Waals surface area contributed by atoms with Gasteiger partial charge in [0.1, 0.15) is 5.75 Å². The second-order valence-electron chi connectivity index (χ2n) is 9.16. The van der Waals surface area contributed by atoms with Crippen LogP contribution in [0.2, 0.25) is 0 Å². The van der Waals surface area contributed by atoms with Crippen LogP contribution in [0.25, 0.3) is 22.3 Å². The number of ether oxygens (including phenoxy) is 1. The molecule has 2 fully saturated rings. The van der Waals surface area contributed by atoms with Crippen LogP contribution in [-0.4, -0.2) is 90.7 Å². The van der Waals surface area contributed by atoms with Crippen molar-refractivity contribution in [3.63, 3.8) is 0 Å². The van der Waals surface area contributed by atoms with Crippen LogP contribution in [0.1, 0.15) is 28.5 Å². The zero-order valence-corrected chi connectivity index (χ0v) is 20.5. The Bertz CT molecular complexity index is 1340. The number of likely N-dealkylation sites (N-methyl/N-ethyl adjacent to an activating group) is 1. The SMILES string of the molecule is COc1ccc(-c2cc(C(=O)N3CCN(C)CC3)c3c(C)nn([C@H]4CCS(=O)(=O)C4)c3n2)cc1. The molecule has 1 atom stereocenters. The van der Waals surface area contributed by atoms with Crippen molar-refractivity contribution < 1.29 is 17.9 Å². The Morgan fingerprint density at radius 1 is 1.12 bits per heavy atom. The second-order valence-corrected chi connectivity index (χ2v) is 11.4. The molecule has 1 aromatic carbocycles. The number of aryl methyl sites for hydroxylation is 1. The van der Waals surface area contributed by atoms with Crippen LogP contribution in [-0.2, 0) is 9.84 Å². The molecule has 0 unspecified atom stereocenters. The Balaban J connectivity index is 1.66. The normalized spacial score (nSPS) is 20.7. The van der Waals surface area contributed by atoms with Gasteiger partial charge in [-0.15, -0.1) is 0 Å². The molecule has 2 saturated heterocycles. The Labute approximate surface area is 199 Å². The molecule has 0 spiro atoms. The van der Waals surface area contributed by atoms with Gasteiger partial charge in [0.2, 0.25) is 0 Å². The molecular formula is C24H29N5O4S. The number of fused-ring (bicyclic) bond motifs is 1. The first-order valence-corrected chi connectivity index (χ1v) is 13.3. The van der Waals surface area contributed by atoms with Crippen molar-refractivity contribution in [3.8, 4) is 17.0 Å². The third-order valence-electron chi connectivity index (χ3n) is 6.80. The van der Waals surface area contributed by atoms with E-state index in [9.17, 15) is 13.2 Å². The molecule has 2 aromatic heterocycles. The largest absolute Gasteiger partial charge is 0.497 e. The minimum Gasteiger partial charge on any atom is -0.497 e. The number of sulfone groups is 1. The van der Waals surface area contributed by atoms with Crippen molar-refractivity contribution in [3.05, 3.63) is 41.6 Å². The van der Waals surface area contributed by atoms with E-state index in [2.05, 4.69) is 11.9 Å². The van der Waals surface area contributed by atoms with E-state index in [1.807, 2.05) is 42.2 Å². The minimum atomic E-state index is -3.10. The van der Waals surface area contributed by atoms with Crippen LogP contribution < -0.4 is 4.74 Å². The molecule has 9 nitrogen and oxygen atoms in total. The number of aromatic nitrogens is 3. The average molecular weight is 484 g/mol. The number of benzene rings is 1. The summed E-state index contributed by atoms with van der Waals surface area (Å²) in [6, 6.07) is 9.08. The average Bonchev–Trinajstić information content (AvgIpc) is 3.37. The molecule has 0 radical (unpaired) electrons. The molecule has 0 N–H and O–H groups in total. The lowest BCUT2D eigenvalue weighted by Gasteiger charge is -2.32. The lowest BCUT2D eigenvalue weighted by atomic mass is 10.0. The van der Waals surface area contributed by atoms with Crippen molar-refractivity contribution in [2.45, 2.75) is 19.4 Å². The number of carbonyl (C=O) groups is 1. The smallest absolute Gasteiger partial charge is 0.254 e. The van der Waals surface area contributed by atoms with E-state index in [-0.39, 0.29) is 23.5 Å². The second kappa shape index (κ2) is 8.66. The van der Waals surface area contributed by atoms with Gasteiger partial charge < -0.3 is 14.5 Å². The van der Waals surface area contributed by atoms with Crippen LogP contribution >= 0.6 is 0 Å². The molecule has 3 aromatic rings. The van der Waals surface area contributed by atoms with Crippen molar-refractivity contribution in [2.75, 3.05) is 51.8 Å². The van der Waals surface area contributed by atoms with Crippen molar-refractivity contribution in [1.29, 1.82) is 0 Å². The Hall–Kier alpha value is -2.98. The first kappa shape index (κ1) is 22.8.